The molecule has 17 heavy (non-hydrogen) atoms. The lowest BCUT2D eigenvalue weighted by atomic mass is 9.75. The Morgan fingerprint density at radius 2 is 2.12 bits per heavy atom. The van der Waals surface area contributed by atoms with Gasteiger partial charge in [0.1, 0.15) is 0 Å². The third-order valence-electron chi connectivity index (χ3n) is 4.16. The second kappa shape index (κ2) is 5.21. The van der Waals surface area contributed by atoms with Crippen molar-refractivity contribution in [3.05, 3.63) is 18.0 Å². The van der Waals surface area contributed by atoms with E-state index >= 15 is 0 Å². The largest absolute Gasteiger partial charge is 0.390 e. The van der Waals surface area contributed by atoms with Crippen LogP contribution in [0.2, 0.25) is 0 Å². The molecular formula is C14H24N2O. The van der Waals surface area contributed by atoms with Gasteiger partial charge >= 0.3 is 0 Å². The molecule has 0 saturated heterocycles. The lowest BCUT2D eigenvalue weighted by molar-refractivity contribution is -0.0232. The summed E-state index contributed by atoms with van der Waals surface area (Å²) >= 11 is 0. The van der Waals surface area contributed by atoms with E-state index in [4.69, 9.17) is 0 Å². The average molecular weight is 236 g/mol. The molecule has 1 fully saturated rings. The van der Waals surface area contributed by atoms with Crippen LogP contribution in [0.3, 0.4) is 0 Å². The topological polar surface area (TPSA) is 38.0 Å². The van der Waals surface area contributed by atoms with Gasteiger partial charge in [-0.15, -0.1) is 0 Å². The lowest BCUT2D eigenvalue weighted by Gasteiger charge is -2.35. The highest BCUT2D eigenvalue weighted by molar-refractivity contribution is 5.05. The summed E-state index contributed by atoms with van der Waals surface area (Å²) < 4.78 is 1.82. The van der Waals surface area contributed by atoms with Crippen LogP contribution in [0.1, 0.15) is 51.0 Å². The summed E-state index contributed by atoms with van der Waals surface area (Å²) in [6, 6.07) is 0. The van der Waals surface area contributed by atoms with Gasteiger partial charge in [-0.2, -0.15) is 5.10 Å². The number of aliphatic hydroxyl groups is 1. The second-order valence-corrected chi connectivity index (χ2v) is 5.71. The summed E-state index contributed by atoms with van der Waals surface area (Å²) in [5.41, 5.74) is 0.722. The number of rotatable bonds is 4. The van der Waals surface area contributed by atoms with Gasteiger partial charge in [0.2, 0.25) is 0 Å². The Kier molecular flexibility index (Phi) is 3.87. The fourth-order valence-corrected chi connectivity index (χ4v) is 2.93. The minimum atomic E-state index is -0.504. The minimum Gasteiger partial charge on any atom is -0.390 e. The first-order chi connectivity index (χ1) is 8.08. The van der Waals surface area contributed by atoms with Crippen molar-refractivity contribution in [2.45, 2.75) is 57.5 Å². The Balaban J connectivity index is 1.87. The molecule has 1 atom stereocenters. The van der Waals surface area contributed by atoms with Gasteiger partial charge in [0.05, 0.1) is 11.8 Å². The molecule has 0 aliphatic heterocycles. The molecule has 3 heteroatoms. The van der Waals surface area contributed by atoms with Crippen molar-refractivity contribution in [3.8, 4) is 0 Å². The standard InChI is InChI=1S/C14H24N2O/c1-14(17,13-6-4-3-5-7-13)9-8-12-10-15-16(2)11-12/h10-11,13,17H,3-9H2,1-2H3. The Labute approximate surface area is 104 Å². The SMILES string of the molecule is Cn1cc(CCC(C)(O)C2CCCCC2)cn1. The van der Waals surface area contributed by atoms with Crippen LogP contribution in [0, 0.1) is 5.92 Å². The van der Waals surface area contributed by atoms with E-state index in [-0.39, 0.29) is 0 Å². The van der Waals surface area contributed by atoms with Gasteiger partial charge in [-0.25, -0.2) is 0 Å². The van der Waals surface area contributed by atoms with E-state index in [2.05, 4.69) is 5.10 Å². The Hall–Kier alpha value is -0.830. The number of hydrogen-bond donors (Lipinski definition) is 1. The fourth-order valence-electron chi connectivity index (χ4n) is 2.93. The van der Waals surface area contributed by atoms with Gasteiger partial charge in [-0.05, 0) is 44.1 Å². The number of aromatic nitrogens is 2. The van der Waals surface area contributed by atoms with Crippen LogP contribution in [-0.2, 0) is 13.5 Å². The van der Waals surface area contributed by atoms with Crippen LogP contribution < -0.4 is 0 Å². The molecule has 0 aromatic carbocycles. The molecule has 1 aromatic heterocycles. The van der Waals surface area contributed by atoms with Crippen molar-refractivity contribution in [2.24, 2.45) is 13.0 Å². The molecule has 0 amide bonds. The second-order valence-electron chi connectivity index (χ2n) is 5.71. The Bertz CT molecular complexity index is 351. The monoisotopic (exact) mass is 236 g/mol. The highest BCUT2D eigenvalue weighted by Gasteiger charge is 2.32. The van der Waals surface area contributed by atoms with E-state index in [1.807, 2.05) is 31.0 Å². The third kappa shape index (κ3) is 3.32. The highest BCUT2D eigenvalue weighted by Crippen LogP contribution is 2.35. The molecule has 0 bridgehead atoms. The first-order valence-electron chi connectivity index (χ1n) is 6.78. The first kappa shape index (κ1) is 12.6. The zero-order chi connectivity index (χ0) is 12.3. The molecule has 1 saturated carbocycles. The van der Waals surface area contributed by atoms with Crippen LogP contribution in [0.5, 0.6) is 0 Å². The molecule has 2 rings (SSSR count). The summed E-state index contributed by atoms with van der Waals surface area (Å²) in [5.74, 6) is 0.493. The summed E-state index contributed by atoms with van der Waals surface area (Å²) in [5, 5.41) is 14.7. The molecule has 0 radical (unpaired) electrons. The van der Waals surface area contributed by atoms with Crippen LogP contribution >= 0.6 is 0 Å². The van der Waals surface area contributed by atoms with Crippen LogP contribution in [0.15, 0.2) is 12.4 Å². The van der Waals surface area contributed by atoms with Crippen molar-refractivity contribution < 1.29 is 5.11 Å². The van der Waals surface area contributed by atoms with E-state index < -0.39 is 5.60 Å². The van der Waals surface area contributed by atoms with Crippen LogP contribution in [-0.4, -0.2) is 20.5 Å². The van der Waals surface area contributed by atoms with Crippen LogP contribution in [0.4, 0.5) is 0 Å². The summed E-state index contributed by atoms with van der Waals surface area (Å²) in [7, 11) is 1.93. The molecule has 1 aliphatic carbocycles. The van der Waals surface area contributed by atoms with Crippen molar-refractivity contribution in [2.75, 3.05) is 0 Å². The van der Waals surface area contributed by atoms with Gasteiger partial charge in [0, 0.05) is 13.2 Å². The summed E-state index contributed by atoms with van der Waals surface area (Å²) in [4.78, 5) is 0. The zero-order valence-electron chi connectivity index (χ0n) is 11.0. The van der Waals surface area contributed by atoms with E-state index in [0.29, 0.717) is 5.92 Å². The number of hydrogen-bond acceptors (Lipinski definition) is 2. The Morgan fingerprint density at radius 1 is 1.41 bits per heavy atom. The molecule has 1 N–H and O–H groups in total. The van der Waals surface area contributed by atoms with Crippen molar-refractivity contribution in [1.29, 1.82) is 0 Å². The minimum absolute atomic E-state index is 0.493. The highest BCUT2D eigenvalue weighted by atomic mass is 16.3. The van der Waals surface area contributed by atoms with Gasteiger partial charge in [0.15, 0.2) is 0 Å². The van der Waals surface area contributed by atoms with Gasteiger partial charge < -0.3 is 5.11 Å². The van der Waals surface area contributed by atoms with E-state index in [0.717, 1.165) is 12.8 Å². The molecule has 0 spiro atoms. The molecular weight excluding hydrogens is 212 g/mol. The van der Waals surface area contributed by atoms with E-state index in [9.17, 15) is 5.11 Å². The summed E-state index contributed by atoms with van der Waals surface area (Å²) in [6.07, 6.45) is 12.0. The number of nitrogens with zero attached hydrogens (tertiary/aromatic N) is 2. The van der Waals surface area contributed by atoms with Gasteiger partial charge in [0.25, 0.3) is 0 Å². The molecule has 1 heterocycles. The smallest absolute Gasteiger partial charge is 0.0651 e. The lowest BCUT2D eigenvalue weighted by Crippen LogP contribution is -2.36. The number of aryl methyl sites for hydroxylation is 2. The van der Waals surface area contributed by atoms with Gasteiger partial charge in [-0.3, -0.25) is 4.68 Å². The molecule has 1 aromatic rings. The first-order valence-corrected chi connectivity index (χ1v) is 6.78. The molecule has 96 valence electrons. The van der Waals surface area contributed by atoms with Gasteiger partial charge in [-0.1, -0.05) is 19.3 Å². The predicted molar refractivity (Wildman–Crippen MR) is 68.7 cm³/mol. The quantitative estimate of drug-likeness (QED) is 0.873. The summed E-state index contributed by atoms with van der Waals surface area (Å²) in [6.45, 7) is 2.01. The maximum absolute atomic E-state index is 10.6. The van der Waals surface area contributed by atoms with Crippen molar-refractivity contribution >= 4 is 0 Å². The maximum atomic E-state index is 10.6. The normalized spacial score (nSPS) is 21.4. The van der Waals surface area contributed by atoms with E-state index in [1.54, 1.807) is 0 Å². The van der Waals surface area contributed by atoms with E-state index in [1.165, 1.54) is 37.7 Å². The Morgan fingerprint density at radius 3 is 2.71 bits per heavy atom. The van der Waals surface area contributed by atoms with Crippen LogP contribution in [0.25, 0.3) is 0 Å². The maximum Gasteiger partial charge on any atom is 0.0651 e. The predicted octanol–water partition coefficient (Wildman–Crippen LogP) is 2.68. The zero-order valence-corrected chi connectivity index (χ0v) is 11.0. The molecule has 1 aliphatic rings. The fraction of sp³-hybridized carbons (Fsp3) is 0.786. The average Bonchev–Trinajstić information content (AvgIpc) is 2.74. The van der Waals surface area contributed by atoms with Crippen molar-refractivity contribution in [1.82, 2.24) is 9.78 Å². The molecule has 1 unspecified atom stereocenters. The molecule has 3 nitrogen and oxygen atoms in total. The third-order valence-corrected chi connectivity index (χ3v) is 4.16. The van der Waals surface area contributed by atoms with Crippen molar-refractivity contribution in [3.63, 3.8) is 0 Å².